The Morgan fingerprint density at radius 1 is 1.20 bits per heavy atom. The quantitative estimate of drug-likeness (QED) is 0.531. The van der Waals surface area contributed by atoms with E-state index in [2.05, 4.69) is 9.17 Å². The van der Waals surface area contributed by atoms with Crippen LogP contribution in [0.1, 0.15) is 11.3 Å². The molecule has 2 heterocycles. The SMILES string of the molecule is CO[C@H]1C(=O)N(c2ccc(OS(=O)(=O)C(F)(F)F)c(Cc3ccccc3)n2)C[C@H]1O. The molecule has 0 bridgehead atoms. The van der Waals surface area contributed by atoms with Crippen LogP contribution in [-0.2, 0) is 26.1 Å². The maximum Gasteiger partial charge on any atom is 0.534 e. The number of pyridine rings is 1. The second kappa shape index (κ2) is 8.20. The van der Waals surface area contributed by atoms with E-state index >= 15 is 0 Å². The number of aliphatic hydroxyl groups excluding tert-OH is 1. The smallest absolute Gasteiger partial charge is 0.388 e. The fourth-order valence-corrected chi connectivity index (χ4v) is 3.42. The third kappa shape index (κ3) is 4.40. The van der Waals surface area contributed by atoms with Gasteiger partial charge in [-0.1, -0.05) is 30.3 Å². The van der Waals surface area contributed by atoms with Crippen molar-refractivity contribution in [2.45, 2.75) is 24.1 Å². The topological polar surface area (TPSA) is 106 Å². The fourth-order valence-electron chi connectivity index (χ4n) is 2.94. The van der Waals surface area contributed by atoms with Crippen LogP contribution in [0.15, 0.2) is 42.5 Å². The van der Waals surface area contributed by atoms with Gasteiger partial charge in [-0.15, -0.1) is 0 Å². The van der Waals surface area contributed by atoms with Crippen LogP contribution in [0.2, 0.25) is 0 Å². The molecule has 1 aliphatic rings. The van der Waals surface area contributed by atoms with Crippen molar-refractivity contribution in [1.29, 1.82) is 0 Å². The van der Waals surface area contributed by atoms with Crippen molar-refractivity contribution in [3.05, 3.63) is 53.7 Å². The van der Waals surface area contributed by atoms with Gasteiger partial charge in [0.05, 0.1) is 12.2 Å². The molecule has 0 spiro atoms. The molecular formula is C18H17F3N2O6S. The first-order chi connectivity index (χ1) is 14.0. The Kier molecular flexibility index (Phi) is 6.01. The number of β-amino-alcohol motifs (C(OH)–C–C–N with tert-alkyl or cyclic N) is 1. The number of carbonyl (C=O) groups excluding carboxylic acids is 1. The fraction of sp³-hybridized carbons (Fsp3) is 0.333. The van der Waals surface area contributed by atoms with Crippen LogP contribution in [0.5, 0.6) is 5.75 Å². The van der Waals surface area contributed by atoms with Crippen molar-refractivity contribution < 1.29 is 40.4 Å². The first-order valence-corrected chi connectivity index (χ1v) is 10.0. The molecule has 8 nitrogen and oxygen atoms in total. The van der Waals surface area contributed by atoms with E-state index in [1.165, 1.54) is 7.11 Å². The summed E-state index contributed by atoms with van der Waals surface area (Å²) in [7, 11) is -4.66. The Bertz CT molecular complexity index is 1030. The van der Waals surface area contributed by atoms with Crippen LogP contribution >= 0.6 is 0 Å². The van der Waals surface area contributed by atoms with Gasteiger partial charge in [0, 0.05) is 13.5 Å². The number of halogens is 3. The van der Waals surface area contributed by atoms with Gasteiger partial charge in [0.25, 0.3) is 5.91 Å². The van der Waals surface area contributed by atoms with Gasteiger partial charge in [0.1, 0.15) is 11.9 Å². The molecule has 1 aromatic carbocycles. The van der Waals surface area contributed by atoms with E-state index in [4.69, 9.17) is 4.74 Å². The summed E-state index contributed by atoms with van der Waals surface area (Å²) >= 11 is 0. The second-order valence-corrected chi connectivity index (χ2v) is 7.97. The minimum Gasteiger partial charge on any atom is -0.388 e. The molecule has 1 amide bonds. The summed E-state index contributed by atoms with van der Waals surface area (Å²) < 4.78 is 70.4. The lowest BCUT2D eigenvalue weighted by atomic mass is 10.1. The van der Waals surface area contributed by atoms with E-state index in [0.29, 0.717) is 5.56 Å². The standard InChI is InChI=1S/C18H17F3N2O6S/c1-28-16-13(24)10-23(17(16)25)15-8-7-14(29-30(26,27)18(19,20)21)12(22-15)9-11-5-3-2-4-6-11/h2-8,13,16,24H,9-10H2,1H3/t13-,16-/m1/s1. The summed E-state index contributed by atoms with van der Waals surface area (Å²) in [5.41, 5.74) is -5.12. The van der Waals surface area contributed by atoms with E-state index < -0.39 is 39.5 Å². The number of anilines is 1. The number of nitrogens with zero attached hydrogens (tertiary/aromatic N) is 2. The zero-order valence-corrected chi connectivity index (χ0v) is 16.4. The predicted molar refractivity (Wildman–Crippen MR) is 98.2 cm³/mol. The van der Waals surface area contributed by atoms with Crippen molar-refractivity contribution in [2.75, 3.05) is 18.6 Å². The maximum atomic E-state index is 12.8. The van der Waals surface area contributed by atoms with Crippen molar-refractivity contribution in [1.82, 2.24) is 4.98 Å². The number of aliphatic hydroxyl groups is 1. The van der Waals surface area contributed by atoms with Gasteiger partial charge < -0.3 is 14.0 Å². The first kappa shape index (κ1) is 22.0. The highest BCUT2D eigenvalue weighted by atomic mass is 32.2. The molecular weight excluding hydrogens is 429 g/mol. The average molecular weight is 446 g/mol. The number of carbonyl (C=O) groups is 1. The molecule has 1 N–H and O–H groups in total. The summed E-state index contributed by atoms with van der Waals surface area (Å²) in [5, 5.41) is 9.95. The monoisotopic (exact) mass is 446 g/mol. The van der Waals surface area contributed by atoms with Crippen LogP contribution in [0.3, 0.4) is 0 Å². The molecule has 3 rings (SSSR count). The molecule has 0 unspecified atom stereocenters. The molecule has 1 aliphatic heterocycles. The van der Waals surface area contributed by atoms with E-state index in [9.17, 15) is 31.5 Å². The minimum absolute atomic E-state index is 0.0151. The van der Waals surface area contributed by atoms with Crippen LogP contribution in [0, 0.1) is 0 Å². The van der Waals surface area contributed by atoms with E-state index in [1.807, 2.05) is 0 Å². The van der Waals surface area contributed by atoms with Crippen LogP contribution in [0.4, 0.5) is 19.0 Å². The number of methoxy groups -OCH3 is 1. The highest BCUT2D eigenvalue weighted by Crippen LogP contribution is 2.32. The number of rotatable bonds is 6. The predicted octanol–water partition coefficient (Wildman–Crippen LogP) is 1.62. The van der Waals surface area contributed by atoms with Crippen LogP contribution < -0.4 is 9.08 Å². The van der Waals surface area contributed by atoms with Gasteiger partial charge in [-0.3, -0.25) is 9.69 Å². The Balaban J connectivity index is 2.00. The molecule has 0 saturated carbocycles. The molecule has 0 aliphatic carbocycles. The summed E-state index contributed by atoms with van der Waals surface area (Å²) in [4.78, 5) is 17.6. The Morgan fingerprint density at radius 2 is 1.87 bits per heavy atom. The molecule has 1 fully saturated rings. The molecule has 162 valence electrons. The minimum atomic E-state index is -5.91. The Morgan fingerprint density at radius 3 is 2.43 bits per heavy atom. The summed E-state index contributed by atoms with van der Waals surface area (Å²) in [6.07, 6.45) is -2.29. The molecule has 2 aromatic rings. The van der Waals surface area contributed by atoms with Gasteiger partial charge in [-0.05, 0) is 17.7 Å². The van der Waals surface area contributed by atoms with Crippen molar-refractivity contribution >= 4 is 21.8 Å². The van der Waals surface area contributed by atoms with E-state index in [1.54, 1.807) is 30.3 Å². The molecule has 2 atom stereocenters. The van der Waals surface area contributed by atoms with Gasteiger partial charge >= 0.3 is 15.6 Å². The zero-order valence-electron chi connectivity index (χ0n) is 15.5. The lowest BCUT2D eigenvalue weighted by molar-refractivity contribution is -0.128. The molecule has 0 radical (unpaired) electrons. The molecule has 1 aromatic heterocycles. The van der Waals surface area contributed by atoms with Gasteiger partial charge in [-0.2, -0.15) is 21.6 Å². The molecule has 30 heavy (non-hydrogen) atoms. The van der Waals surface area contributed by atoms with Gasteiger partial charge in [0.15, 0.2) is 11.9 Å². The number of aromatic nitrogens is 1. The first-order valence-electron chi connectivity index (χ1n) is 8.60. The second-order valence-electron chi connectivity index (χ2n) is 6.43. The van der Waals surface area contributed by atoms with Crippen LogP contribution in [-0.4, -0.2) is 55.8 Å². The number of amides is 1. The van der Waals surface area contributed by atoms with Crippen LogP contribution in [0.25, 0.3) is 0 Å². The third-order valence-corrected chi connectivity index (χ3v) is 5.34. The molecule has 12 heteroatoms. The largest absolute Gasteiger partial charge is 0.534 e. The highest BCUT2D eigenvalue weighted by Gasteiger charge is 2.49. The summed E-state index contributed by atoms with van der Waals surface area (Å²) in [5.74, 6) is -1.18. The number of benzene rings is 1. The zero-order chi connectivity index (χ0) is 22.1. The average Bonchev–Trinajstić information content (AvgIpc) is 2.96. The van der Waals surface area contributed by atoms with Crippen molar-refractivity contribution in [3.63, 3.8) is 0 Å². The highest BCUT2D eigenvalue weighted by molar-refractivity contribution is 7.88. The number of ether oxygens (including phenoxy) is 1. The third-order valence-electron chi connectivity index (χ3n) is 4.37. The van der Waals surface area contributed by atoms with Gasteiger partial charge in [-0.25, -0.2) is 4.98 Å². The lowest BCUT2D eigenvalue weighted by Gasteiger charge is -2.18. The molecule has 1 saturated heterocycles. The van der Waals surface area contributed by atoms with Gasteiger partial charge in [0.2, 0.25) is 0 Å². The number of alkyl halides is 3. The lowest BCUT2D eigenvalue weighted by Crippen LogP contribution is -2.32. The Hall–Kier alpha value is -2.70. The normalized spacial score (nSPS) is 19.9. The van der Waals surface area contributed by atoms with E-state index in [-0.39, 0.29) is 24.5 Å². The Labute approximate surface area is 170 Å². The number of hydrogen-bond donors (Lipinski definition) is 1. The van der Waals surface area contributed by atoms with Crippen molar-refractivity contribution in [2.24, 2.45) is 0 Å². The summed E-state index contributed by atoms with van der Waals surface area (Å²) in [6.45, 7) is -0.143. The summed E-state index contributed by atoms with van der Waals surface area (Å²) in [6, 6.07) is 10.6. The number of hydrogen-bond acceptors (Lipinski definition) is 7. The van der Waals surface area contributed by atoms with E-state index in [0.717, 1.165) is 17.0 Å². The van der Waals surface area contributed by atoms with Crippen molar-refractivity contribution in [3.8, 4) is 5.75 Å². The maximum absolute atomic E-state index is 12.8.